The summed E-state index contributed by atoms with van der Waals surface area (Å²) in [5, 5.41) is 0. The molecule has 3 heteroatoms. The van der Waals surface area contributed by atoms with Gasteiger partial charge in [-0.1, -0.05) is 18.2 Å². The molecular weight excluding hydrogens is 229 g/mol. The maximum absolute atomic E-state index is 13.9. The summed E-state index contributed by atoms with van der Waals surface area (Å²) < 4.78 is 19.6. The molecule has 0 aliphatic rings. The Hall–Kier alpha value is -2.03. The lowest BCUT2D eigenvalue weighted by molar-refractivity contribution is 0.243. The molecule has 94 valence electrons. The Balaban J connectivity index is 2.49. The number of halogens is 1. The third kappa shape index (κ3) is 2.62. The number of anilines is 1. The van der Waals surface area contributed by atoms with E-state index in [4.69, 9.17) is 10.5 Å². The fourth-order valence-electron chi connectivity index (χ4n) is 1.80. The molecule has 0 radical (unpaired) electrons. The van der Waals surface area contributed by atoms with Crippen LogP contribution in [-0.4, -0.2) is 6.10 Å². The van der Waals surface area contributed by atoms with Crippen molar-refractivity contribution >= 4 is 5.69 Å². The van der Waals surface area contributed by atoms with Gasteiger partial charge >= 0.3 is 0 Å². The molecule has 18 heavy (non-hydrogen) atoms. The summed E-state index contributed by atoms with van der Waals surface area (Å²) in [5.74, 6) is 0.339. The lowest BCUT2D eigenvalue weighted by atomic mass is 10.0. The van der Waals surface area contributed by atoms with Crippen LogP contribution < -0.4 is 10.5 Å². The van der Waals surface area contributed by atoms with E-state index >= 15 is 0 Å². The fourth-order valence-corrected chi connectivity index (χ4v) is 1.80. The summed E-state index contributed by atoms with van der Waals surface area (Å²) in [6.45, 7) is 3.88. The molecule has 0 aromatic heterocycles. The maximum Gasteiger partial charge on any atom is 0.133 e. The van der Waals surface area contributed by atoms with Crippen LogP contribution in [-0.2, 0) is 0 Å². The molecule has 0 saturated carbocycles. The molecule has 0 amide bonds. The van der Waals surface area contributed by atoms with Crippen LogP contribution in [0.15, 0.2) is 42.5 Å². The van der Waals surface area contributed by atoms with Gasteiger partial charge in [-0.2, -0.15) is 0 Å². The smallest absolute Gasteiger partial charge is 0.133 e. The summed E-state index contributed by atoms with van der Waals surface area (Å²) in [7, 11) is 0. The van der Waals surface area contributed by atoms with Gasteiger partial charge in [-0.15, -0.1) is 0 Å². The van der Waals surface area contributed by atoms with Crippen molar-refractivity contribution in [2.24, 2.45) is 0 Å². The zero-order chi connectivity index (χ0) is 13.1. The third-order valence-electron chi connectivity index (χ3n) is 2.53. The molecule has 2 nitrogen and oxygen atoms in total. The van der Waals surface area contributed by atoms with Crippen LogP contribution in [0.4, 0.5) is 10.1 Å². The van der Waals surface area contributed by atoms with E-state index in [-0.39, 0.29) is 11.9 Å². The largest absolute Gasteiger partial charge is 0.490 e. The number of rotatable bonds is 3. The van der Waals surface area contributed by atoms with Gasteiger partial charge in [0.25, 0.3) is 0 Å². The van der Waals surface area contributed by atoms with E-state index < -0.39 is 0 Å². The van der Waals surface area contributed by atoms with Crippen molar-refractivity contribution in [1.82, 2.24) is 0 Å². The summed E-state index contributed by atoms with van der Waals surface area (Å²) in [6.07, 6.45) is 0.0444. The van der Waals surface area contributed by atoms with E-state index in [0.717, 1.165) is 5.56 Å². The first-order valence-corrected chi connectivity index (χ1v) is 5.89. The highest BCUT2D eigenvalue weighted by Gasteiger charge is 2.11. The minimum absolute atomic E-state index is 0.0444. The Morgan fingerprint density at radius 1 is 1.06 bits per heavy atom. The number of hydrogen-bond donors (Lipinski definition) is 1. The normalized spacial score (nSPS) is 10.7. The van der Waals surface area contributed by atoms with E-state index in [9.17, 15) is 4.39 Å². The standard InChI is InChI=1S/C15H16FNO/c1-10(2)18-15-6-4-3-5-13(15)12-8-7-11(17)9-14(12)16/h3-10H,17H2,1-2H3. The van der Waals surface area contributed by atoms with Crippen molar-refractivity contribution in [3.8, 4) is 16.9 Å². The van der Waals surface area contributed by atoms with E-state index in [1.807, 2.05) is 38.1 Å². The molecule has 0 heterocycles. The van der Waals surface area contributed by atoms with Gasteiger partial charge in [0.05, 0.1) is 6.10 Å². The quantitative estimate of drug-likeness (QED) is 0.833. The zero-order valence-electron chi connectivity index (χ0n) is 10.5. The second-order valence-corrected chi connectivity index (χ2v) is 4.40. The van der Waals surface area contributed by atoms with Gasteiger partial charge in [0.15, 0.2) is 0 Å². The van der Waals surface area contributed by atoms with Crippen LogP contribution in [0.2, 0.25) is 0 Å². The second kappa shape index (κ2) is 5.08. The lowest BCUT2D eigenvalue weighted by Gasteiger charge is -2.14. The van der Waals surface area contributed by atoms with Crippen molar-refractivity contribution < 1.29 is 9.13 Å². The topological polar surface area (TPSA) is 35.2 Å². The highest BCUT2D eigenvalue weighted by molar-refractivity contribution is 5.72. The first kappa shape index (κ1) is 12.4. The lowest BCUT2D eigenvalue weighted by Crippen LogP contribution is -2.06. The molecule has 0 spiro atoms. The number of ether oxygens (including phenoxy) is 1. The highest BCUT2D eigenvalue weighted by atomic mass is 19.1. The van der Waals surface area contributed by atoms with Crippen LogP contribution >= 0.6 is 0 Å². The molecule has 2 aromatic carbocycles. The number of nitrogens with two attached hydrogens (primary N) is 1. The van der Waals surface area contributed by atoms with Crippen LogP contribution in [0, 0.1) is 5.82 Å². The molecule has 2 aromatic rings. The van der Waals surface area contributed by atoms with E-state index in [1.165, 1.54) is 6.07 Å². The molecule has 0 aliphatic heterocycles. The molecule has 0 bridgehead atoms. The van der Waals surface area contributed by atoms with E-state index in [1.54, 1.807) is 12.1 Å². The van der Waals surface area contributed by atoms with E-state index in [2.05, 4.69) is 0 Å². The third-order valence-corrected chi connectivity index (χ3v) is 2.53. The van der Waals surface area contributed by atoms with Gasteiger partial charge in [0, 0.05) is 16.8 Å². The van der Waals surface area contributed by atoms with Gasteiger partial charge in [0.1, 0.15) is 11.6 Å². The van der Waals surface area contributed by atoms with Crippen molar-refractivity contribution in [3.63, 3.8) is 0 Å². The van der Waals surface area contributed by atoms with Gasteiger partial charge < -0.3 is 10.5 Å². The Bertz CT molecular complexity index is 552. The van der Waals surface area contributed by atoms with E-state index in [0.29, 0.717) is 17.0 Å². The molecule has 0 saturated heterocycles. The summed E-state index contributed by atoms with van der Waals surface area (Å²) in [6, 6.07) is 12.1. The van der Waals surface area contributed by atoms with Crippen LogP contribution in [0.3, 0.4) is 0 Å². The molecule has 0 fully saturated rings. The molecule has 0 atom stereocenters. The minimum atomic E-state index is -0.338. The van der Waals surface area contributed by atoms with Gasteiger partial charge in [-0.25, -0.2) is 4.39 Å². The summed E-state index contributed by atoms with van der Waals surface area (Å²) in [4.78, 5) is 0. The molecule has 0 unspecified atom stereocenters. The number of nitrogen functional groups attached to an aromatic ring is 1. The van der Waals surface area contributed by atoms with Crippen molar-refractivity contribution in [2.75, 3.05) is 5.73 Å². The summed E-state index contributed by atoms with van der Waals surface area (Å²) in [5.41, 5.74) is 7.21. The number of para-hydroxylation sites is 1. The monoisotopic (exact) mass is 245 g/mol. The first-order chi connectivity index (χ1) is 8.58. The van der Waals surface area contributed by atoms with Gasteiger partial charge in [0.2, 0.25) is 0 Å². The van der Waals surface area contributed by atoms with Crippen molar-refractivity contribution in [2.45, 2.75) is 20.0 Å². The van der Waals surface area contributed by atoms with Crippen LogP contribution in [0.5, 0.6) is 5.75 Å². The molecule has 0 aliphatic carbocycles. The Kier molecular flexibility index (Phi) is 3.51. The average Bonchev–Trinajstić information content (AvgIpc) is 2.30. The fraction of sp³-hybridized carbons (Fsp3) is 0.200. The number of hydrogen-bond acceptors (Lipinski definition) is 2. The second-order valence-electron chi connectivity index (χ2n) is 4.40. The Labute approximate surface area is 106 Å². The first-order valence-electron chi connectivity index (χ1n) is 5.89. The van der Waals surface area contributed by atoms with Crippen molar-refractivity contribution in [1.29, 1.82) is 0 Å². The SMILES string of the molecule is CC(C)Oc1ccccc1-c1ccc(N)cc1F. The Morgan fingerprint density at radius 3 is 2.44 bits per heavy atom. The van der Waals surface area contributed by atoms with Gasteiger partial charge in [-0.05, 0) is 38.1 Å². The number of benzene rings is 2. The highest BCUT2D eigenvalue weighted by Crippen LogP contribution is 2.32. The molecule has 2 rings (SSSR count). The predicted molar refractivity (Wildman–Crippen MR) is 72.0 cm³/mol. The minimum Gasteiger partial charge on any atom is -0.490 e. The van der Waals surface area contributed by atoms with Crippen LogP contribution in [0.25, 0.3) is 11.1 Å². The summed E-state index contributed by atoms with van der Waals surface area (Å²) >= 11 is 0. The molecular formula is C15H16FNO. The maximum atomic E-state index is 13.9. The predicted octanol–water partition coefficient (Wildman–Crippen LogP) is 3.86. The zero-order valence-corrected chi connectivity index (χ0v) is 10.5. The average molecular weight is 245 g/mol. The molecule has 2 N–H and O–H groups in total. The Morgan fingerprint density at radius 2 is 1.78 bits per heavy atom. The van der Waals surface area contributed by atoms with Crippen LogP contribution in [0.1, 0.15) is 13.8 Å². The van der Waals surface area contributed by atoms with Crippen molar-refractivity contribution in [3.05, 3.63) is 48.3 Å². The van der Waals surface area contributed by atoms with Gasteiger partial charge in [-0.3, -0.25) is 0 Å².